The topological polar surface area (TPSA) is 89.9 Å². The number of methoxy groups -OCH3 is 1. The van der Waals surface area contributed by atoms with Crippen LogP contribution in [0.4, 0.5) is 8.78 Å². The van der Waals surface area contributed by atoms with Crippen molar-refractivity contribution in [3.05, 3.63) is 63.1 Å². The molecule has 31 heavy (non-hydrogen) atoms. The van der Waals surface area contributed by atoms with Gasteiger partial charge in [0.05, 0.1) is 19.8 Å². The number of nitrogens with one attached hydrogen (secondary N) is 1. The molecule has 1 N–H and O–H groups in total. The number of benzene rings is 1. The van der Waals surface area contributed by atoms with E-state index in [-0.39, 0.29) is 53.7 Å². The molecule has 7 rings (SSSR count). The van der Waals surface area contributed by atoms with Crippen LogP contribution in [0.5, 0.6) is 5.75 Å². The predicted octanol–water partition coefficient (Wildman–Crippen LogP) is 0.874. The van der Waals surface area contributed by atoms with Crippen molar-refractivity contribution in [3.63, 3.8) is 0 Å². The fourth-order valence-electron chi connectivity index (χ4n) is 4.88. The van der Waals surface area contributed by atoms with E-state index in [1.54, 1.807) is 4.90 Å². The van der Waals surface area contributed by atoms with Gasteiger partial charge in [0.25, 0.3) is 11.8 Å². The molecule has 0 radical (unpaired) electrons. The number of amides is 2. The Morgan fingerprint density at radius 1 is 1.29 bits per heavy atom. The van der Waals surface area contributed by atoms with E-state index in [1.165, 1.54) is 23.9 Å². The van der Waals surface area contributed by atoms with Crippen LogP contribution in [0.25, 0.3) is 0 Å². The van der Waals surface area contributed by atoms with Crippen LogP contribution < -0.4 is 15.5 Å². The number of carbonyl (C=O) groups is 2. The largest absolute Gasteiger partial charge is 0.491 e. The maximum Gasteiger partial charge on any atom is 0.276 e. The molecule has 0 spiro atoms. The van der Waals surface area contributed by atoms with Gasteiger partial charge in [0.1, 0.15) is 17.2 Å². The monoisotopic (exact) mass is 429 g/mol. The summed E-state index contributed by atoms with van der Waals surface area (Å²) in [5.41, 5.74) is -0.800. The Bertz CT molecular complexity index is 1220. The number of pyridine rings is 1. The van der Waals surface area contributed by atoms with Crippen molar-refractivity contribution in [3.8, 4) is 5.75 Å². The number of halogens is 2. The van der Waals surface area contributed by atoms with Crippen molar-refractivity contribution >= 4 is 11.8 Å². The molecule has 3 aliphatic heterocycles. The van der Waals surface area contributed by atoms with Gasteiger partial charge in [0.2, 0.25) is 5.43 Å². The van der Waals surface area contributed by atoms with Crippen LogP contribution in [-0.2, 0) is 17.8 Å². The highest BCUT2D eigenvalue weighted by molar-refractivity contribution is 5.99. The Hall–Kier alpha value is -3.27. The zero-order valence-electron chi connectivity index (χ0n) is 16.3. The number of rotatable bonds is 4. The average Bonchev–Trinajstić information content (AvgIpc) is 3.65. The second-order valence-corrected chi connectivity index (χ2v) is 8.24. The van der Waals surface area contributed by atoms with Gasteiger partial charge in [0, 0.05) is 42.2 Å². The molecule has 160 valence electrons. The third-order valence-electron chi connectivity index (χ3n) is 6.59. The first-order valence-electron chi connectivity index (χ1n) is 9.92. The van der Waals surface area contributed by atoms with Crippen LogP contribution in [-0.4, -0.2) is 46.8 Å². The van der Waals surface area contributed by atoms with Crippen molar-refractivity contribution < 1.29 is 27.8 Å². The van der Waals surface area contributed by atoms with E-state index in [9.17, 15) is 23.2 Å². The zero-order valence-corrected chi connectivity index (χ0v) is 16.3. The molecule has 10 heteroatoms. The summed E-state index contributed by atoms with van der Waals surface area (Å²) in [5.74, 6) is -2.03. The summed E-state index contributed by atoms with van der Waals surface area (Å²) in [6.45, 7) is 0.0378. The third kappa shape index (κ3) is 2.51. The summed E-state index contributed by atoms with van der Waals surface area (Å²) < 4.78 is 39.6. The number of hydrogen-bond donors (Lipinski definition) is 1. The van der Waals surface area contributed by atoms with E-state index >= 15 is 0 Å². The van der Waals surface area contributed by atoms with Gasteiger partial charge in [-0.05, 0) is 6.07 Å². The molecule has 3 atom stereocenters. The predicted molar refractivity (Wildman–Crippen MR) is 100 cm³/mol. The second-order valence-electron chi connectivity index (χ2n) is 8.24. The fraction of sp³-hybridized carbons (Fsp3) is 0.381. The molecule has 4 fully saturated rings. The SMILES string of the molecule is COc1c2n(cc(C(=O)NCc3ccc(F)cc3F)c1=O)CC1O[C@H]3C4C3[C@H]4N1C2=O. The van der Waals surface area contributed by atoms with Crippen LogP contribution in [0.1, 0.15) is 26.4 Å². The minimum Gasteiger partial charge on any atom is -0.491 e. The first kappa shape index (κ1) is 18.5. The summed E-state index contributed by atoms with van der Waals surface area (Å²) in [4.78, 5) is 40.4. The summed E-state index contributed by atoms with van der Waals surface area (Å²) >= 11 is 0. The van der Waals surface area contributed by atoms with Gasteiger partial charge < -0.3 is 24.3 Å². The summed E-state index contributed by atoms with van der Waals surface area (Å²) in [6.07, 6.45) is 1.07. The lowest BCUT2D eigenvalue weighted by atomic mass is 10.1. The number of hydrogen-bond acceptors (Lipinski definition) is 5. The molecule has 3 unspecified atom stereocenters. The van der Waals surface area contributed by atoms with E-state index in [0.717, 1.165) is 6.07 Å². The Kier molecular flexibility index (Phi) is 3.66. The van der Waals surface area contributed by atoms with E-state index in [2.05, 4.69) is 5.32 Å². The molecular formula is C21H17F2N3O5. The molecule has 5 aliphatic rings. The standard InChI is InChI=1S/C21H17F2N3O5/c1-30-19-16-21(29)26-12(31-18-13-14(18)15(13)26)7-25(16)6-10(17(19)27)20(28)24-5-8-2-3-9(22)4-11(8)23/h2-4,6,12-15,18H,5,7H2,1H3,(H,24,28)/t12?,13?,14?,15-,18-. The van der Waals surface area contributed by atoms with Crippen LogP contribution >= 0.6 is 0 Å². The maximum absolute atomic E-state index is 13.8. The summed E-state index contributed by atoms with van der Waals surface area (Å²) in [7, 11) is 1.27. The van der Waals surface area contributed by atoms with Crippen LogP contribution in [0.15, 0.2) is 29.2 Å². The van der Waals surface area contributed by atoms with Crippen molar-refractivity contribution in [2.24, 2.45) is 11.8 Å². The second kappa shape index (κ2) is 6.13. The molecule has 1 aromatic heterocycles. The van der Waals surface area contributed by atoms with Crippen LogP contribution in [0.3, 0.4) is 0 Å². The number of carbonyl (C=O) groups excluding carboxylic acids is 2. The molecule has 2 bridgehead atoms. The number of ether oxygens (including phenoxy) is 2. The zero-order chi connectivity index (χ0) is 21.6. The molecule has 4 heterocycles. The van der Waals surface area contributed by atoms with Crippen LogP contribution in [0.2, 0.25) is 0 Å². The normalized spacial score (nSPS) is 28.9. The van der Waals surface area contributed by atoms with E-state index < -0.39 is 29.2 Å². The smallest absolute Gasteiger partial charge is 0.276 e. The highest BCUT2D eigenvalue weighted by atomic mass is 19.1. The lowest BCUT2D eigenvalue weighted by Crippen LogP contribution is -2.58. The van der Waals surface area contributed by atoms with Gasteiger partial charge >= 0.3 is 0 Å². The Morgan fingerprint density at radius 3 is 2.77 bits per heavy atom. The summed E-state index contributed by atoms with van der Waals surface area (Å²) in [6, 6.07) is 3.17. The summed E-state index contributed by atoms with van der Waals surface area (Å²) in [5, 5.41) is 2.46. The van der Waals surface area contributed by atoms with Gasteiger partial charge in [-0.25, -0.2) is 8.78 Å². The molecule has 1 aromatic carbocycles. The van der Waals surface area contributed by atoms with Crippen molar-refractivity contribution in [1.29, 1.82) is 0 Å². The van der Waals surface area contributed by atoms with Gasteiger partial charge in [-0.15, -0.1) is 0 Å². The Labute approximate surface area is 174 Å². The first-order chi connectivity index (χ1) is 14.9. The molecule has 2 saturated carbocycles. The van der Waals surface area contributed by atoms with Gasteiger partial charge in [-0.1, -0.05) is 6.07 Å². The van der Waals surface area contributed by atoms with E-state index in [0.29, 0.717) is 17.9 Å². The lowest BCUT2D eigenvalue weighted by molar-refractivity contribution is -0.143. The van der Waals surface area contributed by atoms with E-state index in [4.69, 9.17) is 9.47 Å². The average molecular weight is 429 g/mol. The third-order valence-corrected chi connectivity index (χ3v) is 6.59. The molecule has 2 aliphatic carbocycles. The minimum absolute atomic E-state index is 0.0722. The lowest BCUT2D eigenvalue weighted by Gasteiger charge is -2.44. The Balaban J connectivity index is 1.31. The molecule has 2 aromatic rings. The number of nitrogens with zero attached hydrogens (tertiary/aromatic N) is 2. The van der Waals surface area contributed by atoms with Crippen molar-refractivity contribution in [2.75, 3.05) is 7.11 Å². The Morgan fingerprint density at radius 2 is 2.06 bits per heavy atom. The van der Waals surface area contributed by atoms with Gasteiger partial charge in [-0.3, -0.25) is 14.4 Å². The number of aromatic nitrogens is 1. The quantitative estimate of drug-likeness (QED) is 0.779. The van der Waals surface area contributed by atoms with Crippen molar-refractivity contribution in [1.82, 2.24) is 14.8 Å². The minimum atomic E-state index is -0.805. The highest BCUT2D eigenvalue weighted by Gasteiger charge is 2.81. The molecule has 2 saturated heterocycles. The van der Waals surface area contributed by atoms with Gasteiger partial charge in [-0.2, -0.15) is 0 Å². The first-order valence-corrected chi connectivity index (χ1v) is 9.92. The van der Waals surface area contributed by atoms with E-state index in [1.807, 2.05) is 0 Å². The maximum atomic E-state index is 13.8. The highest BCUT2D eigenvalue weighted by Crippen LogP contribution is 2.70. The van der Waals surface area contributed by atoms with Crippen LogP contribution in [0, 0.1) is 23.5 Å². The fourth-order valence-corrected chi connectivity index (χ4v) is 4.88. The van der Waals surface area contributed by atoms with Gasteiger partial charge in [0.15, 0.2) is 17.7 Å². The molecular weight excluding hydrogens is 412 g/mol. The number of fused-ring (bicyclic) bond motifs is 1. The molecule has 8 nitrogen and oxygen atoms in total. The van der Waals surface area contributed by atoms with Crippen molar-refractivity contribution in [2.45, 2.75) is 31.5 Å². The molecule has 2 amide bonds.